The summed E-state index contributed by atoms with van der Waals surface area (Å²) in [5.74, 6) is -1.50. The van der Waals surface area contributed by atoms with Crippen molar-refractivity contribution >= 4 is 11.9 Å². The number of aromatic nitrogens is 1. The van der Waals surface area contributed by atoms with Crippen LogP contribution in [0.15, 0.2) is 131 Å². The van der Waals surface area contributed by atoms with E-state index in [2.05, 4.69) is 0 Å². The minimum Gasteiger partial charge on any atom is -0.449 e. The SMILES string of the molecule is CO[C@@H]1C[C@H]2[C@H](n3c(-c4ccccc4)c(-c4ccccc4)oc3=O)C(=O)N2[C@@H](C(=O)OC(c2ccccc2)c2ccccc2)O1. The van der Waals surface area contributed by atoms with Crippen LogP contribution in [-0.2, 0) is 23.8 Å². The number of hydrogen-bond donors (Lipinski definition) is 0. The predicted octanol–water partition coefficient (Wildman–Crippen LogP) is 5.58. The lowest BCUT2D eigenvalue weighted by Gasteiger charge is -2.53. The average molecular weight is 603 g/mol. The van der Waals surface area contributed by atoms with E-state index in [0.29, 0.717) is 22.6 Å². The molecule has 45 heavy (non-hydrogen) atoms. The lowest BCUT2D eigenvalue weighted by atomic mass is 9.88. The van der Waals surface area contributed by atoms with E-state index >= 15 is 0 Å². The van der Waals surface area contributed by atoms with Crippen LogP contribution >= 0.6 is 0 Å². The monoisotopic (exact) mass is 602 g/mol. The summed E-state index contributed by atoms with van der Waals surface area (Å²) >= 11 is 0. The molecule has 0 radical (unpaired) electrons. The van der Waals surface area contributed by atoms with Gasteiger partial charge in [0.2, 0.25) is 6.23 Å². The van der Waals surface area contributed by atoms with Gasteiger partial charge in [-0.05, 0) is 11.1 Å². The molecule has 0 aliphatic carbocycles. The number of fused-ring (bicyclic) bond motifs is 1. The van der Waals surface area contributed by atoms with Crippen LogP contribution in [0.2, 0.25) is 0 Å². The third-order valence-corrected chi connectivity index (χ3v) is 8.30. The molecule has 0 N–H and O–H groups in total. The summed E-state index contributed by atoms with van der Waals surface area (Å²) in [7, 11) is 1.47. The molecule has 2 fully saturated rings. The van der Waals surface area contributed by atoms with Crippen molar-refractivity contribution in [2.45, 2.75) is 37.1 Å². The second-order valence-corrected chi connectivity index (χ2v) is 10.9. The molecule has 2 saturated heterocycles. The molecule has 7 rings (SSSR count). The Morgan fingerprint density at radius 2 is 1.31 bits per heavy atom. The average Bonchev–Trinajstić information content (AvgIpc) is 3.43. The topological polar surface area (TPSA) is 100 Å². The number of esters is 1. The molecule has 0 spiro atoms. The van der Waals surface area contributed by atoms with Crippen molar-refractivity contribution < 1.29 is 28.2 Å². The first-order valence-electron chi connectivity index (χ1n) is 14.7. The summed E-state index contributed by atoms with van der Waals surface area (Å²) < 4.78 is 24.8. The summed E-state index contributed by atoms with van der Waals surface area (Å²) in [6, 6.07) is 35.8. The van der Waals surface area contributed by atoms with Crippen LogP contribution in [0.25, 0.3) is 22.6 Å². The minimum atomic E-state index is -1.37. The number of β-lactam (4-membered cyclic amide) rings is 1. The van der Waals surface area contributed by atoms with E-state index in [9.17, 15) is 14.4 Å². The summed E-state index contributed by atoms with van der Waals surface area (Å²) in [4.78, 5) is 42.8. The first-order chi connectivity index (χ1) is 22.0. The predicted molar refractivity (Wildman–Crippen MR) is 165 cm³/mol. The summed E-state index contributed by atoms with van der Waals surface area (Å²) in [5, 5.41) is 0. The first kappa shape index (κ1) is 28.5. The van der Waals surface area contributed by atoms with Crippen molar-refractivity contribution in [1.82, 2.24) is 9.47 Å². The molecule has 226 valence electrons. The van der Waals surface area contributed by atoms with Crippen molar-refractivity contribution in [2.24, 2.45) is 0 Å². The number of carbonyl (C=O) groups is 2. The molecule has 9 heteroatoms. The highest BCUT2D eigenvalue weighted by Gasteiger charge is 2.59. The molecule has 4 atom stereocenters. The minimum absolute atomic E-state index is 0.240. The number of hydrogen-bond acceptors (Lipinski definition) is 7. The molecule has 3 heterocycles. The lowest BCUT2D eigenvalue weighted by molar-refractivity contribution is -0.268. The van der Waals surface area contributed by atoms with E-state index in [0.717, 1.165) is 11.1 Å². The Morgan fingerprint density at radius 3 is 1.87 bits per heavy atom. The molecule has 0 saturated carbocycles. The van der Waals surface area contributed by atoms with Gasteiger partial charge in [0, 0.05) is 24.7 Å². The van der Waals surface area contributed by atoms with Crippen molar-refractivity contribution in [2.75, 3.05) is 7.11 Å². The van der Waals surface area contributed by atoms with Crippen LogP contribution in [0, 0.1) is 0 Å². The molecule has 4 aromatic carbocycles. The maximum Gasteiger partial charge on any atom is 0.420 e. The zero-order valence-electron chi connectivity index (χ0n) is 24.4. The van der Waals surface area contributed by atoms with E-state index < -0.39 is 48.3 Å². The third kappa shape index (κ3) is 5.16. The van der Waals surface area contributed by atoms with E-state index in [4.69, 9.17) is 18.6 Å². The molecule has 2 aliphatic heterocycles. The van der Waals surface area contributed by atoms with Gasteiger partial charge in [-0.15, -0.1) is 0 Å². The molecule has 5 aromatic rings. The van der Waals surface area contributed by atoms with Gasteiger partial charge < -0.3 is 18.6 Å². The number of methoxy groups -OCH3 is 1. The standard InChI is InChI=1S/C36H30N2O7/c1-42-28-22-27-30(38-29(23-14-6-2-7-15-23)32(45-36(38)41)26-20-12-5-13-21-26)33(39)37(27)34(43-28)35(40)44-31(24-16-8-3-9-17-24)25-18-10-4-11-19-25/h2-21,27-28,30-31,34H,22H2,1H3/t27-,28-,30-,34+/m0/s1. The summed E-state index contributed by atoms with van der Waals surface area (Å²) in [5.41, 5.74) is 3.44. The van der Waals surface area contributed by atoms with Gasteiger partial charge in [0.25, 0.3) is 5.91 Å². The van der Waals surface area contributed by atoms with Crippen molar-refractivity contribution in [3.63, 3.8) is 0 Å². The number of rotatable bonds is 8. The van der Waals surface area contributed by atoms with E-state index in [1.807, 2.05) is 121 Å². The first-order valence-corrected chi connectivity index (χ1v) is 14.7. The number of amides is 1. The molecule has 0 unspecified atom stereocenters. The van der Waals surface area contributed by atoms with Gasteiger partial charge in [0.1, 0.15) is 6.04 Å². The maximum absolute atomic E-state index is 14.0. The van der Waals surface area contributed by atoms with Gasteiger partial charge in [-0.2, -0.15) is 0 Å². The zero-order valence-corrected chi connectivity index (χ0v) is 24.4. The maximum atomic E-state index is 14.0. The van der Waals surface area contributed by atoms with Gasteiger partial charge in [-0.25, -0.2) is 9.59 Å². The number of ether oxygens (including phenoxy) is 3. The molecular weight excluding hydrogens is 572 g/mol. The largest absolute Gasteiger partial charge is 0.449 e. The molecule has 9 nitrogen and oxygen atoms in total. The fourth-order valence-electron chi connectivity index (χ4n) is 6.20. The number of carbonyl (C=O) groups excluding carboxylic acids is 2. The second kappa shape index (κ2) is 12.0. The Hall–Kier alpha value is -5.25. The Balaban J connectivity index is 1.25. The van der Waals surface area contributed by atoms with E-state index in [1.165, 1.54) is 16.6 Å². The quantitative estimate of drug-likeness (QED) is 0.169. The molecule has 2 aliphatic rings. The van der Waals surface area contributed by atoms with Crippen LogP contribution in [0.1, 0.15) is 29.7 Å². The van der Waals surface area contributed by atoms with Crippen LogP contribution in [0.5, 0.6) is 0 Å². The summed E-state index contributed by atoms with van der Waals surface area (Å²) in [6.45, 7) is 0. The highest BCUT2D eigenvalue weighted by Crippen LogP contribution is 2.44. The number of benzene rings is 4. The van der Waals surface area contributed by atoms with Crippen LogP contribution in [0.3, 0.4) is 0 Å². The van der Waals surface area contributed by atoms with Gasteiger partial charge in [-0.3, -0.25) is 14.3 Å². The third-order valence-electron chi connectivity index (χ3n) is 8.30. The smallest absolute Gasteiger partial charge is 0.420 e. The van der Waals surface area contributed by atoms with E-state index in [1.54, 1.807) is 0 Å². The fraction of sp³-hybridized carbons (Fsp3) is 0.194. The molecular formula is C36H30N2O7. The van der Waals surface area contributed by atoms with Gasteiger partial charge in [0.05, 0.1) is 11.7 Å². The normalized spacial score (nSPS) is 20.8. The van der Waals surface area contributed by atoms with Gasteiger partial charge in [0.15, 0.2) is 18.2 Å². The Labute approximate surface area is 259 Å². The number of oxazole rings is 1. The molecule has 1 aromatic heterocycles. The lowest BCUT2D eigenvalue weighted by Crippen LogP contribution is -2.71. The Kier molecular flexibility index (Phi) is 7.62. The van der Waals surface area contributed by atoms with Crippen LogP contribution in [0.4, 0.5) is 0 Å². The number of nitrogens with zero attached hydrogens (tertiary/aromatic N) is 2. The van der Waals surface area contributed by atoms with Crippen LogP contribution < -0.4 is 5.76 Å². The van der Waals surface area contributed by atoms with Gasteiger partial charge in [-0.1, -0.05) is 121 Å². The summed E-state index contributed by atoms with van der Waals surface area (Å²) in [6.07, 6.45) is -2.68. The van der Waals surface area contributed by atoms with Crippen molar-refractivity contribution in [3.05, 3.63) is 143 Å². The van der Waals surface area contributed by atoms with Crippen molar-refractivity contribution in [1.29, 1.82) is 0 Å². The molecule has 0 bridgehead atoms. The highest BCUT2D eigenvalue weighted by atomic mass is 16.7. The zero-order chi connectivity index (χ0) is 30.9. The van der Waals surface area contributed by atoms with E-state index in [-0.39, 0.29) is 6.42 Å². The Bertz CT molecular complexity index is 1820. The van der Waals surface area contributed by atoms with Gasteiger partial charge >= 0.3 is 11.7 Å². The molecule has 1 amide bonds. The highest BCUT2D eigenvalue weighted by molar-refractivity contribution is 5.93. The van der Waals surface area contributed by atoms with Crippen molar-refractivity contribution in [3.8, 4) is 22.6 Å². The Morgan fingerprint density at radius 1 is 0.778 bits per heavy atom. The fourth-order valence-corrected chi connectivity index (χ4v) is 6.20. The second-order valence-electron chi connectivity index (χ2n) is 10.9. The van der Waals surface area contributed by atoms with Crippen LogP contribution in [-0.4, -0.2) is 47.0 Å².